The number of nitrogens with zero attached hydrogens (tertiary/aromatic N) is 5. The molecule has 0 aliphatic carbocycles. The Hall–Kier alpha value is -2.15. The Morgan fingerprint density at radius 2 is 1.96 bits per heavy atom. The normalized spacial score (nSPS) is 11.4. The first kappa shape index (κ1) is 16.7. The smallest absolute Gasteiger partial charge is 0.226 e. The van der Waals surface area contributed by atoms with Crippen LogP contribution in [0.1, 0.15) is 37.0 Å². The first-order valence-electron chi connectivity index (χ1n) is 7.97. The number of hydrogen-bond acceptors (Lipinski definition) is 6. The highest BCUT2D eigenvalue weighted by Crippen LogP contribution is 2.25. The SMILES string of the molecule is Cc1ccccc1-n1c(C)nnc1SCc1noc(CC(C)C)n1. The topological polar surface area (TPSA) is 69.6 Å². The van der Waals surface area contributed by atoms with E-state index in [1.54, 1.807) is 11.8 Å². The molecule has 0 N–H and O–H groups in total. The van der Waals surface area contributed by atoms with Crippen molar-refractivity contribution in [1.82, 2.24) is 24.9 Å². The summed E-state index contributed by atoms with van der Waals surface area (Å²) in [5, 5.41) is 13.4. The van der Waals surface area contributed by atoms with Gasteiger partial charge in [0.1, 0.15) is 5.82 Å². The number of rotatable bonds is 6. The van der Waals surface area contributed by atoms with Gasteiger partial charge in [0.2, 0.25) is 5.89 Å². The highest BCUT2D eigenvalue weighted by atomic mass is 32.2. The fourth-order valence-corrected chi connectivity index (χ4v) is 3.27. The number of para-hydroxylation sites is 1. The van der Waals surface area contributed by atoms with Crippen LogP contribution in [0.4, 0.5) is 0 Å². The Labute approximate surface area is 145 Å². The Morgan fingerprint density at radius 3 is 2.71 bits per heavy atom. The predicted molar refractivity (Wildman–Crippen MR) is 93.2 cm³/mol. The number of hydrogen-bond donors (Lipinski definition) is 0. The van der Waals surface area contributed by atoms with Crippen LogP contribution in [0.3, 0.4) is 0 Å². The van der Waals surface area contributed by atoms with Gasteiger partial charge in [0.05, 0.1) is 11.4 Å². The lowest BCUT2D eigenvalue weighted by Crippen LogP contribution is -2.01. The summed E-state index contributed by atoms with van der Waals surface area (Å²) in [7, 11) is 0. The number of benzene rings is 1. The highest BCUT2D eigenvalue weighted by Gasteiger charge is 2.15. The zero-order valence-corrected chi connectivity index (χ0v) is 15.2. The molecule has 126 valence electrons. The molecule has 7 heteroatoms. The Morgan fingerprint density at radius 1 is 1.17 bits per heavy atom. The summed E-state index contributed by atoms with van der Waals surface area (Å²) in [4.78, 5) is 4.44. The maximum atomic E-state index is 5.29. The lowest BCUT2D eigenvalue weighted by Gasteiger charge is -2.10. The predicted octanol–water partition coefficient (Wildman–Crippen LogP) is 3.76. The Kier molecular flexibility index (Phi) is 4.99. The van der Waals surface area contributed by atoms with Gasteiger partial charge in [-0.05, 0) is 31.4 Å². The van der Waals surface area contributed by atoms with E-state index in [4.69, 9.17) is 4.52 Å². The fourth-order valence-electron chi connectivity index (χ4n) is 2.44. The molecule has 0 bridgehead atoms. The molecular formula is C17H21N5OS. The van der Waals surface area contributed by atoms with Gasteiger partial charge in [-0.2, -0.15) is 4.98 Å². The van der Waals surface area contributed by atoms with Crippen LogP contribution in [0.5, 0.6) is 0 Å². The van der Waals surface area contributed by atoms with Crippen LogP contribution in [-0.4, -0.2) is 24.9 Å². The van der Waals surface area contributed by atoms with Gasteiger partial charge in [0, 0.05) is 6.42 Å². The van der Waals surface area contributed by atoms with Crippen LogP contribution in [0.15, 0.2) is 33.9 Å². The third-order valence-corrected chi connectivity index (χ3v) is 4.50. The second kappa shape index (κ2) is 7.17. The zero-order valence-electron chi connectivity index (χ0n) is 14.4. The first-order valence-corrected chi connectivity index (χ1v) is 8.95. The van der Waals surface area contributed by atoms with Gasteiger partial charge >= 0.3 is 0 Å². The lowest BCUT2D eigenvalue weighted by molar-refractivity contribution is 0.360. The zero-order chi connectivity index (χ0) is 17.1. The first-order chi connectivity index (χ1) is 11.5. The van der Waals surface area contributed by atoms with E-state index in [1.807, 2.05) is 19.1 Å². The second-order valence-electron chi connectivity index (χ2n) is 6.14. The van der Waals surface area contributed by atoms with Crippen molar-refractivity contribution in [2.45, 2.75) is 45.0 Å². The van der Waals surface area contributed by atoms with Crippen molar-refractivity contribution in [2.24, 2.45) is 5.92 Å². The Balaban J connectivity index is 1.77. The number of thioether (sulfide) groups is 1. The molecule has 3 rings (SSSR count). The molecule has 6 nitrogen and oxygen atoms in total. The van der Waals surface area contributed by atoms with E-state index in [9.17, 15) is 0 Å². The molecule has 2 aromatic heterocycles. The van der Waals surface area contributed by atoms with Crippen molar-refractivity contribution in [3.05, 3.63) is 47.4 Å². The van der Waals surface area contributed by atoms with Crippen LogP contribution in [0.2, 0.25) is 0 Å². The minimum absolute atomic E-state index is 0.498. The summed E-state index contributed by atoms with van der Waals surface area (Å²) >= 11 is 1.56. The average molecular weight is 343 g/mol. The quantitative estimate of drug-likeness (QED) is 0.635. The van der Waals surface area contributed by atoms with Crippen molar-refractivity contribution in [1.29, 1.82) is 0 Å². The van der Waals surface area contributed by atoms with Crippen LogP contribution in [0, 0.1) is 19.8 Å². The van der Waals surface area contributed by atoms with Crippen LogP contribution < -0.4 is 0 Å². The lowest BCUT2D eigenvalue weighted by atomic mass is 10.1. The van der Waals surface area contributed by atoms with E-state index in [2.05, 4.69) is 57.8 Å². The van der Waals surface area contributed by atoms with Gasteiger partial charge in [-0.15, -0.1) is 10.2 Å². The summed E-state index contributed by atoms with van der Waals surface area (Å²) in [6, 6.07) is 8.21. The van der Waals surface area contributed by atoms with Gasteiger partial charge in [0.25, 0.3) is 0 Å². The third-order valence-electron chi connectivity index (χ3n) is 3.57. The van der Waals surface area contributed by atoms with Crippen molar-refractivity contribution >= 4 is 11.8 Å². The maximum absolute atomic E-state index is 5.29. The molecule has 0 saturated heterocycles. The molecule has 0 radical (unpaired) electrons. The molecule has 0 aliphatic rings. The number of aromatic nitrogens is 5. The molecule has 3 aromatic rings. The number of aryl methyl sites for hydroxylation is 2. The summed E-state index contributed by atoms with van der Waals surface area (Å²) in [5.41, 5.74) is 2.28. The minimum Gasteiger partial charge on any atom is -0.339 e. The largest absolute Gasteiger partial charge is 0.339 e. The average Bonchev–Trinajstić information content (AvgIpc) is 3.12. The van der Waals surface area contributed by atoms with Crippen molar-refractivity contribution < 1.29 is 4.52 Å². The summed E-state index contributed by atoms with van der Waals surface area (Å²) in [5.74, 6) is 3.34. The Bertz CT molecular complexity index is 824. The van der Waals surface area contributed by atoms with Gasteiger partial charge in [-0.1, -0.05) is 49.0 Å². The maximum Gasteiger partial charge on any atom is 0.226 e. The summed E-state index contributed by atoms with van der Waals surface area (Å²) in [6.45, 7) is 8.30. The monoisotopic (exact) mass is 343 g/mol. The minimum atomic E-state index is 0.498. The molecule has 24 heavy (non-hydrogen) atoms. The van der Waals surface area contributed by atoms with Gasteiger partial charge in [0.15, 0.2) is 11.0 Å². The van der Waals surface area contributed by atoms with Crippen molar-refractivity contribution in [3.8, 4) is 5.69 Å². The molecule has 0 unspecified atom stereocenters. The second-order valence-corrected chi connectivity index (χ2v) is 7.09. The molecule has 0 fully saturated rings. The molecule has 2 heterocycles. The molecule has 0 aliphatic heterocycles. The molecule has 0 saturated carbocycles. The molecule has 0 amide bonds. The van der Waals surface area contributed by atoms with E-state index < -0.39 is 0 Å². The molecular weight excluding hydrogens is 322 g/mol. The van der Waals surface area contributed by atoms with Crippen molar-refractivity contribution in [2.75, 3.05) is 0 Å². The van der Waals surface area contributed by atoms with E-state index in [-0.39, 0.29) is 0 Å². The van der Waals surface area contributed by atoms with E-state index in [0.29, 0.717) is 23.4 Å². The van der Waals surface area contributed by atoms with Gasteiger partial charge in [-0.3, -0.25) is 4.57 Å². The van der Waals surface area contributed by atoms with E-state index >= 15 is 0 Å². The van der Waals surface area contributed by atoms with Crippen LogP contribution >= 0.6 is 11.8 Å². The molecule has 0 atom stereocenters. The highest BCUT2D eigenvalue weighted by molar-refractivity contribution is 7.98. The standard InChI is InChI=1S/C17H21N5OS/c1-11(2)9-16-18-15(21-23-16)10-24-17-20-19-13(4)22(17)14-8-6-5-7-12(14)3/h5-8,11H,9-10H2,1-4H3. The van der Waals surface area contributed by atoms with Gasteiger partial charge < -0.3 is 4.52 Å². The summed E-state index contributed by atoms with van der Waals surface area (Å²) in [6.07, 6.45) is 0.802. The summed E-state index contributed by atoms with van der Waals surface area (Å²) < 4.78 is 7.35. The van der Waals surface area contributed by atoms with Crippen LogP contribution in [-0.2, 0) is 12.2 Å². The molecule has 0 spiro atoms. The van der Waals surface area contributed by atoms with E-state index in [1.165, 1.54) is 5.56 Å². The molecule has 1 aromatic carbocycles. The fraction of sp³-hybridized carbons (Fsp3) is 0.412. The van der Waals surface area contributed by atoms with Gasteiger partial charge in [-0.25, -0.2) is 0 Å². The van der Waals surface area contributed by atoms with Crippen molar-refractivity contribution in [3.63, 3.8) is 0 Å². The van der Waals surface area contributed by atoms with Crippen LogP contribution in [0.25, 0.3) is 5.69 Å². The van der Waals surface area contributed by atoms with E-state index in [0.717, 1.165) is 23.1 Å². The third kappa shape index (κ3) is 3.67.